The van der Waals surface area contributed by atoms with E-state index in [1.54, 1.807) is 0 Å². The van der Waals surface area contributed by atoms with Crippen LogP contribution in [0.4, 0.5) is 13.2 Å². The molecule has 0 bridgehead atoms. The second-order valence-corrected chi connectivity index (χ2v) is 8.79. The number of nitrogens with one attached hydrogen (secondary N) is 1. The summed E-state index contributed by atoms with van der Waals surface area (Å²) in [6.07, 6.45) is -0.606. The van der Waals surface area contributed by atoms with Crippen molar-refractivity contribution in [2.24, 2.45) is 5.92 Å². The van der Waals surface area contributed by atoms with Crippen LogP contribution < -0.4 is 5.32 Å². The van der Waals surface area contributed by atoms with Gasteiger partial charge in [-0.1, -0.05) is 0 Å². The summed E-state index contributed by atoms with van der Waals surface area (Å²) in [6, 6.07) is 2.71. The Kier molecular flexibility index (Phi) is 5.43. The Bertz CT molecular complexity index is 1170. The van der Waals surface area contributed by atoms with Gasteiger partial charge in [0.1, 0.15) is 23.9 Å². The van der Waals surface area contributed by atoms with Crippen LogP contribution in [-0.2, 0) is 19.4 Å². The van der Waals surface area contributed by atoms with Gasteiger partial charge in [0.05, 0.1) is 23.4 Å². The maximum Gasteiger partial charge on any atom is 0.266 e. The van der Waals surface area contributed by atoms with Crippen LogP contribution in [-0.4, -0.2) is 43.5 Å². The smallest absolute Gasteiger partial charge is 0.266 e. The van der Waals surface area contributed by atoms with Gasteiger partial charge in [-0.15, -0.1) is 0 Å². The highest BCUT2D eigenvalue weighted by Crippen LogP contribution is 2.40. The lowest BCUT2D eigenvalue weighted by atomic mass is 9.86. The van der Waals surface area contributed by atoms with Crippen molar-refractivity contribution in [3.8, 4) is 0 Å². The van der Waals surface area contributed by atoms with Gasteiger partial charge >= 0.3 is 0 Å². The fraction of sp³-hybridized carbons (Fsp3) is 0.478. The topological polar surface area (TPSA) is 83.2 Å². The maximum atomic E-state index is 14.7. The molecule has 2 aromatic heterocycles. The molecule has 9 heteroatoms. The van der Waals surface area contributed by atoms with Crippen molar-refractivity contribution in [2.45, 2.75) is 57.4 Å². The summed E-state index contributed by atoms with van der Waals surface area (Å²) < 4.78 is 43.5. The summed E-state index contributed by atoms with van der Waals surface area (Å²) in [7, 11) is 0. The molecule has 3 N–H and O–H groups in total. The summed E-state index contributed by atoms with van der Waals surface area (Å²) in [6.45, 7) is 2.81. The number of aliphatic hydroxyl groups is 2. The summed E-state index contributed by atoms with van der Waals surface area (Å²) in [5.74, 6) is -1.18. The molecule has 32 heavy (non-hydrogen) atoms. The molecule has 3 heterocycles. The van der Waals surface area contributed by atoms with Gasteiger partial charge in [-0.3, -0.25) is 0 Å². The molecule has 170 valence electrons. The molecule has 0 radical (unpaired) electrons. The monoisotopic (exact) mass is 446 g/mol. The lowest BCUT2D eigenvalue weighted by Gasteiger charge is -2.25. The van der Waals surface area contributed by atoms with Gasteiger partial charge < -0.3 is 20.1 Å². The largest absolute Gasteiger partial charge is 0.390 e. The first kappa shape index (κ1) is 21.4. The molecule has 3 aromatic rings. The van der Waals surface area contributed by atoms with Crippen LogP contribution in [0.1, 0.15) is 46.8 Å². The van der Waals surface area contributed by atoms with E-state index >= 15 is 0 Å². The number of aromatic nitrogens is 3. The minimum absolute atomic E-state index is 0.284. The molecule has 1 aliphatic heterocycles. The molecule has 1 saturated carbocycles. The number of aryl methyl sites for hydroxylation is 1. The van der Waals surface area contributed by atoms with Crippen molar-refractivity contribution in [1.29, 1.82) is 0 Å². The van der Waals surface area contributed by atoms with Gasteiger partial charge in [0, 0.05) is 18.1 Å². The predicted octanol–water partition coefficient (Wildman–Crippen LogP) is 2.99. The third kappa shape index (κ3) is 3.39. The SMILES string of the molecule is Cc1ncnc2c1ccn2[C@@H]1C[C@H](Cc2cc(C(F)F)c(F)c3c2CNCC3)[C@@H](O)[C@H]1O. The first-order valence-corrected chi connectivity index (χ1v) is 10.8. The average Bonchev–Trinajstić information content (AvgIpc) is 3.33. The predicted molar refractivity (Wildman–Crippen MR) is 112 cm³/mol. The summed E-state index contributed by atoms with van der Waals surface area (Å²) in [5, 5.41) is 25.7. The highest BCUT2D eigenvalue weighted by molar-refractivity contribution is 5.78. The van der Waals surface area contributed by atoms with Crippen LogP contribution in [0.25, 0.3) is 11.0 Å². The summed E-state index contributed by atoms with van der Waals surface area (Å²) >= 11 is 0. The van der Waals surface area contributed by atoms with E-state index < -0.39 is 36.1 Å². The Balaban J connectivity index is 1.48. The number of fused-ring (bicyclic) bond motifs is 2. The molecule has 0 saturated heterocycles. The summed E-state index contributed by atoms with van der Waals surface area (Å²) in [5.41, 5.74) is 2.55. The number of alkyl halides is 2. The third-order valence-corrected chi connectivity index (χ3v) is 7.01. The van der Waals surface area contributed by atoms with Crippen LogP contribution in [0.2, 0.25) is 0 Å². The number of nitrogens with zero attached hydrogens (tertiary/aromatic N) is 3. The van der Waals surface area contributed by atoms with Crippen molar-refractivity contribution >= 4 is 11.0 Å². The Morgan fingerprint density at radius 1 is 1.22 bits per heavy atom. The van der Waals surface area contributed by atoms with E-state index in [0.29, 0.717) is 48.3 Å². The first-order chi connectivity index (χ1) is 15.4. The van der Waals surface area contributed by atoms with Crippen LogP contribution in [0.3, 0.4) is 0 Å². The Labute approximate surface area is 183 Å². The number of rotatable bonds is 4. The van der Waals surface area contributed by atoms with Gasteiger partial charge in [-0.2, -0.15) is 0 Å². The minimum Gasteiger partial charge on any atom is -0.390 e. The average molecular weight is 446 g/mol. The molecule has 1 fully saturated rings. The molecule has 5 rings (SSSR count). The zero-order valence-electron chi connectivity index (χ0n) is 17.6. The zero-order chi connectivity index (χ0) is 22.6. The second-order valence-electron chi connectivity index (χ2n) is 8.79. The number of halogens is 3. The molecule has 2 aliphatic rings. The quantitative estimate of drug-likeness (QED) is 0.574. The van der Waals surface area contributed by atoms with Gasteiger partial charge in [0.15, 0.2) is 0 Å². The minimum atomic E-state index is -2.91. The molecular weight excluding hydrogens is 421 g/mol. The Hall–Kier alpha value is -2.49. The van der Waals surface area contributed by atoms with E-state index in [-0.39, 0.29) is 12.3 Å². The number of hydrogen-bond donors (Lipinski definition) is 3. The Morgan fingerprint density at radius 2 is 2.03 bits per heavy atom. The van der Waals surface area contributed by atoms with Crippen molar-refractivity contribution < 1.29 is 23.4 Å². The van der Waals surface area contributed by atoms with E-state index in [1.807, 2.05) is 23.8 Å². The lowest BCUT2D eigenvalue weighted by molar-refractivity contribution is 0.00678. The standard InChI is InChI=1S/C23H25F3N4O2/c1-11-14-3-5-30(23(14)29-10-28-11)18-8-13(20(31)21(18)32)6-12-7-16(22(25)26)19(24)15-2-4-27-9-17(12)15/h3,5,7,10,13,18,20-22,27,31-32H,2,4,6,8-9H2,1H3/t13-,18+,20+,21-/m0/s1. The van der Waals surface area contributed by atoms with Crippen molar-refractivity contribution in [3.63, 3.8) is 0 Å². The summed E-state index contributed by atoms with van der Waals surface area (Å²) in [4.78, 5) is 8.53. The van der Waals surface area contributed by atoms with Crippen LogP contribution in [0.15, 0.2) is 24.7 Å². The molecule has 0 unspecified atom stereocenters. The molecule has 4 atom stereocenters. The zero-order valence-corrected chi connectivity index (χ0v) is 17.6. The van der Waals surface area contributed by atoms with Crippen molar-refractivity contribution in [2.75, 3.05) is 6.54 Å². The maximum absolute atomic E-state index is 14.7. The van der Waals surface area contributed by atoms with E-state index in [9.17, 15) is 23.4 Å². The molecule has 0 spiro atoms. The van der Waals surface area contributed by atoms with Gasteiger partial charge in [-0.25, -0.2) is 23.1 Å². The molecule has 0 amide bonds. The van der Waals surface area contributed by atoms with E-state index in [2.05, 4.69) is 15.3 Å². The van der Waals surface area contributed by atoms with Crippen LogP contribution in [0, 0.1) is 18.7 Å². The van der Waals surface area contributed by atoms with Crippen molar-refractivity contribution in [1.82, 2.24) is 19.9 Å². The van der Waals surface area contributed by atoms with E-state index in [4.69, 9.17) is 0 Å². The van der Waals surface area contributed by atoms with Gasteiger partial charge in [0.25, 0.3) is 6.43 Å². The third-order valence-electron chi connectivity index (χ3n) is 7.01. The van der Waals surface area contributed by atoms with Gasteiger partial charge in [0.2, 0.25) is 0 Å². The van der Waals surface area contributed by atoms with Gasteiger partial charge in [-0.05, 0) is 67.5 Å². The highest BCUT2D eigenvalue weighted by atomic mass is 19.3. The number of aliphatic hydroxyl groups excluding tert-OH is 2. The molecule has 1 aliphatic carbocycles. The Morgan fingerprint density at radius 3 is 2.81 bits per heavy atom. The van der Waals surface area contributed by atoms with Crippen LogP contribution in [0.5, 0.6) is 0 Å². The second kappa shape index (κ2) is 8.13. The van der Waals surface area contributed by atoms with E-state index in [1.165, 1.54) is 12.4 Å². The normalized spacial score (nSPS) is 25.6. The highest BCUT2D eigenvalue weighted by Gasteiger charge is 2.43. The fourth-order valence-electron chi connectivity index (χ4n) is 5.31. The molecule has 6 nitrogen and oxygen atoms in total. The van der Waals surface area contributed by atoms with Crippen molar-refractivity contribution in [3.05, 3.63) is 58.4 Å². The van der Waals surface area contributed by atoms with Crippen LogP contribution >= 0.6 is 0 Å². The number of hydrogen-bond acceptors (Lipinski definition) is 5. The lowest BCUT2D eigenvalue weighted by Crippen LogP contribution is -2.31. The fourth-order valence-corrected chi connectivity index (χ4v) is 5.31. The van der Waals surface area contributed by atoms with E-state index in [0.717, 1.165) is 11.1 Å². The molecular formula is C23H25F3N4O2. The molecule has 1 aromatic carbocycles. The number of benzene rings is 1. The first-order valence-electron chi connectivity index (χ1n) is 10.8.